The second-order valence-electron chi connectivity index (χ2n) is 3.90. The predicted octanol–water partition coefficient (Wildman–Crippen LogP) is 3.76. The van der Waals surface area contributed by atoms with E-state index in [0.29, 0.717) is 11.3 Å². The molecule has 94 valence electrons. The van der Waals surface area contributed by atoms with Crippen molar-refractivity contribution in [1.82, 2.24) is 0 Å². The molecule has 2 aromatic carbocycles. The Hall–Kier alpha value is -1.39. The van der Waals surface area contributed by atoms with Gasteiger partial charge in [0.15, 0.2) is 11.6 Å². The molecule has 2 rings (SSSR count). The first-order valence-electron chi connectivity index (χ1n) is 5.55. The topological polar surface area (TPSA) is 26.0 Å². The van der Waals surface area contributed by atoms with Gasteiger partial charge in [-0.05, 0) is 29.8 Å². The summed E-state index contributed by atoms with van der Waals surface area (Å²) in [7, 11) is 0. The summed E-state index contributed by atoms with van der Waals surface area (Å²) in [6, 6.07) is 13.3. The summed E-state index contributed by atoms with van der Waals surface area (Å²) < 4.78 is 25.9. The minimum absolute atomic E-state index is 0.315. The Kier molecular flexibility index (Phi) is 4.33. The van der Waals surface area contributed by atoms with Crippen LogP contribution in [0.5, 0.6) is 0 Å². The standard InChI is InChI=1S/C14H13F2NS/c15-12-7-6-10(8-13(12)16)14(17)9-18-11-4-2-1-3-5-11/h1-8,14H,9,17H2. The molecule has 18 heavy (non-hydrogen) atoms. The van der Waals surface area contributed by atoms with Gasteiger partial charge in [-0.2, -0.15) is 0 Å². The maximum Gasteiger partial charge on any atom is 0.159 e. The van der Waals surface area contributed by atoms with E-state index in [9.17, 15) is 8.78 Å². The molecule has 0 saturated carbocycles. The van der Waals surface area contributed by atoms with Crippen LogP contribution in [-0.2, 0) is 0 Å². The van der Waals surface area contributed by atoms with Gasteiger partial charge in [-0.25, -0.2) is 8.78 Å². The highest BCUT2D eigenvalue weighted by Crippen LogP contribution is 2.23. The molecule has 0 amide bonds. The minimum Gasteiger partial charge on any atom is -0.323 e. The molecule has 0 spiro atoms. The zero-order valence-electron chi connectivity index (χ0n) is 9.64. The molecule has 2 N–H and O–H groups in total. The molecule has 1 atom stereocenters. The number of nitrogens with two attached hydrogens (primary N) is 1. The highest BCUT2D eigenvalue weighted by molar-refractivity contribution is 7.99. The number of hydrogen-bond donors (Lipinski definition) is 1. The lowest BCUT2D eigenvalue weighted by atomic mass is 10.1. The van der Waals surface area contributed by atoms with E-state index in [1.165, 1.54) is 6.07 Å². The summed E-state index contributed by atoms with van der Waals surface area (Å²) in [6.45, 7) is 0. The Morgan fingerprint density at radius 1 is 1.00 bits per heavy atom. The molecular formula is C14H13F2NS. The Bertz CT molecular complexity index is 516. The van der Waals surface area contributed by atoms with Crippen molar-refractivity contribution in [3.8, 4) is 0 Å². The number of hydrogen-bond acceptors (Lipinski definition) is 2. The fourth-order valence-electron chi connectivity index (χ4n) is 1.54. The van der Waals surface area contributed by atoms with E-state index in [4.69, 9.17) is 5.73 Å². The molecule has 4 heteroatoms. The SMILES string of the molecule is NC(CSc1ccccc1)c1ccc(F)c(F)c1. The molecule has 0 bridgehead atoms. The van der Waals surface area contributed by atoms with Crippen LogP contribution >= 0.6 is 11.8 Å². The number of halogens is 2. The van der Waals surface area contributed by atoms with E-state index in [2.05, 4.69) is 0 Å². The van der Waals surface area contributed by atoms with Crippen LogP contribution < -0.4 is 5.73 Å². The van der Waals surface area contributed by atoms with E-state index in [1.807, 2.05) is 30.3 Å². The summed E-state index contributed by atoms with van der Waals surface area (Å²) >= 11 is 1.59. The van der Waals surface area contributed by atoms with Crippen LogP contribution in [0, 0.1) is 11.6 Å². The van der Waals surface area contributed by atoms with Crippen molar-refractivity contribution in [2.24, 2.45) is 5.73 Å². The van der Waals surface area contributed by atoms with Gasteiger partial charge in [-0.3, -0.25) is 0 Å². The van der Waals surface area contributed by atoms with Gasteiger partial charge in [0.1, 0.15) is 0 Å². The van der Waals surface area contributed by atoms with Crippen molar-refractivity contribution < 1.29 is 8.78 Å². The molecule has 0 aliphatic carbocycles. The normalized spacial score (nSPS) is 12.4. The average Bonchev–Trinajstić information content (AvgIpc) is 2.40. The molecule has 0 heterocycles. The first-order chi connectivity index (χ1) is 8.66. The summed E-state index contributed by atoms with van der Waals surface area (Å²) in [6.07, 6.45) is 0. The van der Waals surface area contributed by atoms with E-state index >= 15 is 0 Å². The zero-order chi connectivity index (χ0) is 13.0. The van der Waals surface area contributed by atoms with Gasteiger partial charge in [-0.1, -0.05) is 24.3 Å². The molecule has 1 unspecified atom stereocenters. The predicted molar refractivity (Wildman–Crippen MR) is 70.5 cm³/mol. The van der Waals surface area contributed by atoms with Crippen molar-refractivity contribution in [2.75, 3.05) is 5.75 Å². The van der Waals surface area contributed by atoms with E-state index < -0.39 is 11.6 Å². The van der Waals surface area contributed by atoms with Gasteiger partial charge >= 0.3 is 0 Å². The lowest BCUT2D eigenvalue weighted by Crippen LogP contribution is -2.13. The Balaban J connectivity index is 1.99. The molecule has 0 aromatic heterocycles. The maximum absolute atomic E-state index is 13.1. The van der Waals surface area contributed by atoms with Crippen LogP contribution in [-0.4, -0.2) is 5.75 Å². The molecule has 0 aliphatic heterocycles. The molecule has 0 aliphatic rings. The molecule has 1 nitrogen and oxygen atoms in total. The monoisotopic (exact) mass is 265 g/mol. The Morgan fingerprint density at radius 2 is 1.72 bits per heavy atom. The molecular weight excluding hydrogens is 252 g/mol. The third-order valence-corrected chi connectivity index (χ3v) is 3.68. The zero-order valence-corrected chi connectivity index (χ0v) is 10.5. The summed E-state index contributed by atoms with van der Waals surface area (Å²) in [5, 5.41) is 0. The first-order valence-corrected chi connectivity index (χ1v) is 6.54. The summed E-state index contributed by atoms with van der Waals surface area (Å²) in [5.74, 6) is -1.08. The van der Waals surface area contributed by atoms with Crippen molar-refractivity contribution in [2.45, 2.75) is 10.9 Å². The lowest BCUT2D eigenvalue weighted by Gasteiger charge is -2.11. The van der Waals surface area contributed by atoms with Crippen LogP contribution in [0.4, 0.5) is 8.78 Å². The Labute approximate surface area is 109 Å². The fourth-order valence-corrected chi connectivity index (χ4v) is 2.46. The van der Waals surface area contributed by atoms with Crippen LogP contribution in [0.25, 0.3) is 0 Å². The fraction of sp³-hybridized carbons (Fsp3) is 0.143. The van der Waals surface area contributed by atoms with Crippen LogP contribution in [0.3, 0.4) is 0 Å². The smallest absolute Gasteiger partial charge is 0.159 e. The largest absolute Gasteiger partial charge is 0.323 e. The third-order valence-electron chi connectivity index (χ3n) is 2.54. The summed E-state index contributed by atoms with van der Waals surface area (Å²) in [4.78, 5) is 1.11. The quantitative estimate of drug-likeness (QED) is 0.852. The van der Waals surface area contributed by atoms with E-state index in [-0.39, 0.29) is 6.04 Å². The number of rotatable bonds is 4. The second kappa shape index (κ2) is 5.98. The van der Waals surface area contributed by atoms with Crippen molar-refractivity contribution in [3.05, 3.63) is 65.7 Å². The highest BCUT2D eigenvalue weighted by Gasteiger charge is 2.10. The van der Waals surface area contributed by atoms with Crippen molar-refractivity contribution in [3.63, 3.8) is 0 Å². The second-order valence-corrected chi connectivity index (χ2v) is 5.00. The number of thioether (sulfide) groups is 1. The minimum atomic E-state index is -0.854. The van der Waals surface area contributed by atoms with Gasteiger partial charge < -0.3 is 5.73 Å². The van der Waals surface area contributed by atoms with Gasteiger partial charge in [0.25, 0.3) is 0 Å². The average molecular weight is 265 g/mol. The van der Waals surface area contributed by atoms with Crippen LogP contribution in [0.15, 0.2) is 53.4 Å². The van der Waals surface area contributed by atoms with E-state index in [1.54, 1.807) is 11.8 Å². The maximum atomic E-state index is 13.1. The number of benzene rings is 2. The van der Waals surface area contributed by atoms with Gasteiger partial charge in [0.2, 0.25) is 0 Å². The Morgan fingerprint density at radius 3 is 2.39 bits per heavy atom. The molecule has 2 aromatic rings. The van der Waals surface area contributed by atoms with Crippen molar-refractivity contribution >= 4 is 11.8 Å². The third kappa shape index (κ3) is 3.31. The molecule has 0 fully saturated rings. The van der Waals surface area contributed by atoms with Gasteiger partial charge in [0.05, 0.1) is 0 Å². The highest BCUT2D eigenvalue weighted by atomic mass is 32.2. The lowest BCUT2D eigenvalue weighted by molar-refractivity contribution is 0.506. The van der Waals surface area contributed by atoms with Crippen LogP contribution in [0.1, 0.15) is 11.6 Å². The molecule has 0 radical (unpaired) electrons. The van der Waals surface area contributed by atoms with Crippen LogP contribution in [0.2, 0.25) is 0 Å². The van der Waals surface area contributed by atoms with Crippen molar-refractivity contribution in [1.29, 1.82) is 0 Å². The van der Waals surface area contributed by atoms with Gasteiger partial charge in [-0.15, -0.1) is 11.8 Å². The van der Waals surface area contributed by atoms with E-state index in [0.717, 1.165) is 17.0 Å². The molecule has 0 saturated heterocycles. The summed E-state index contributed by atoms with van der Waals surface area (Å²) in [5.41, 5.74) is 6.56. The first kappa shape index (κ1) is 13.1. The van der Waals surface area contributed by atoms with Gasteiger partial charge in [0, 0.05) is 16.7 Å².